The van der Waals surface area contributed by atoms with E-state index in [4.69, 9.17) is 0 Å². The van der Waals surface area contributed by atoms with Crippen molar-refractivity contribution in [2.75, 3.05) is 21.7 Å². The monoisotopic (exact) mass is 518 g/mol. The van der Waals surface area contributed by atoms with E-state index in [2.05, 4.69) is 36.9 Å². The largest absolute Gasteiger partial charge is 0.326 e. The molecule has 3 aromatic rings. The molecular weight excluding hydrogens is 500 g/mol. The molecule has 0 saturated heterocycles. The molecule has 31 heavy (non-hydrogen) atoms. The fourth-order valence-corrected chi connectivity index (χ4v) is 4.52. The number of anilines is 3. The maximum Gasteiger partial charge on any atom is 0.258 e. The van der Waals surface area contributed by atoms with Crippen molar-refractivity contribution in [2.45, 2.75) is 12.7 Å². The molecule has 1 heterocycles. The zero-order chi connectivity index (χ0) is 22.2. The van der Waals surface area contributed by atoms with Gasteiger partial charge in [0.2, 0.25) is 11.8 Å². The van der Waals surface area contributed by atoms with Crippen molar-refractivity contribution in [2.24, 2.45) is 0 Å². The van der Waals surface area contributed by atoms with Crippen LogP contribution in [0.15, 0.2) is 58.4 Å². The van der Waals surface area contributed by atoms with Crippen LogP contribution in [0.25, 0.3) is 0 Å². The quantitative estimate of drug-likeness (QED) is 0.390. The van der Waals surface area contributed by atoms with Crippen LogP contribution in [0, 0.1) is 0 Å². The van der Waals surface area contributed by atoms with E-state index in [9.17, 15) is 14.4 Å². The lowest BCUT2D eigenvalue weighted by Crippen LogP contribution is -2.14. The summed E-state index contributed by atoms with van der Waals surface area (Å²) in [4.78, 5) is 39.9. The topological polar surface area (TPSA) is 100 Å². The van der Waals surface area contributed by atoms with E-state index in [0.29, 0.717) is 27.8 Å². The van der Waals surface area contributed by atoms with Gasteiger partial charge in [-0.2, -0.15) is 0 Å². The van der Waals surface area contributed by atoms with Crippen LogP contribution < -0.4 is 16.0 Å². The summed E-state index contributed by atoms with van der Waals surface area (Å²) in [5.74, 6) is 0.311. The van der Waals surface area contributed by atoms with Gasteiger partial charge in [0.05, 0.1) is 17.0 Å². The SMILES string of the molecule is CC(=O)Nc1ccc(NC(=O)CSCc2csc(NC(=O)c3ccccc3Br)n2)cc1. The fraction of sp³-hybridized carbons (Fsp3) is 0.143. The number of hydrogen-bond donors (Lipinski definition) is 3. The van der Waals surface area contributed by atoms with Crippen LogP contribution in [0.1, 0.15) is 23.0 Å². The van der Waals surface area contributed by atoms with Crippen LogP contribution in [-0.4, -0.2) is 28.5 Å². The number of benzene rings is 2. The predicted octanol–water partition coefficient (Wildman–Crippen LogP) is 4.99. The molecule has 0 spiro atoms. The van der Waals surface area contributed by atoms with Crippen LogP contribution in [0.3, 0.4) is 0 Å². The Kier molecular flexibility index (Phi) is 8.21. The van der Waals surface area contributed by atoms with Crippen LogP contribution >= 0.6 is 39.0 Å². The Morgan fingerprint density at radius 3 is 2.35 bits per heavy atom. The number of thiazole rings is 1. The third kappa shape index (κ3) is 7.20. The molecule has 0 bridgehead atoms. The molecule has 10 heteroatoms. The maximum atomic E-state index is 12.3. The molecule has 0 atom stereocenters. The molecule has 3 amide bonds. The number of rotatable bonds is 8. The lowest BCUT2D eigenvalue weighted by Gasteiger charge is -2.06. The fourth-order valence-electron chi connectivity index (χ4n) is 2.53. The molecule has 0 aliphatic rings. The number of aromatic nitrogens is 1. The van der Waals surface area contributed by atoms with Crippen molar-refractivity contribution in [3.8, 4) is 0 Å². The highest BCUT2D eigenvalue weighted by Gasteiger charge is 2.12. The minimum atomic E-state index is -0.232. The number of nitrogens with zero attached hydrogens (tertiary/aromatic N) is 1. The van der Waals surface area contributed by atoms with Gasteiger partial charge in [-0.05, 0) is 52.3 Å². The summed E-state index contributed by atoms with van der Waals surface area (Å²) in [7, 11) is 0. The van der Waals surface area contributed by atoms with E-state index >= 15 is 0 Å². The Morgan fingerprint density at radius 2 is 1.68 bits per heavy atom. The Bertz CT molecular complexity index is 1090. The first-order chi connectivity index (χ1) is 14.9. The first-order valence-electron chi connectivity index (χ1n) is 9.16. The Morgan fingerprint density at radius 1 is 1.00 bits per heavy atom. The Labute approximate surface area is 196 Å². The third-order valence-corrected chi connectivity index (χ3v) is 6.33. The molecule has 0 unspecified atom stereocenters. The number of amides is 3. The van der Waals surface area contributed by atoms with Gasteiger partial charge in [0.15, 0.2) is 5.13 Å². The number of halogens is 1. The summed E-state index contributed by atoms with van der Waals surface area (Å²) >= 11 is 6.14. The summed E-state index contributed by atoms with van der Waals surface area (Å²) in [5, 5.41) is 10.7. The number of nitrogens with one attached hydrogen (secondary N) is 3. The summed E-state index contributed by atoms with van der Waals surface area (Å²) in [6.45, 7) is 1.44. The predicted molar refractivity (Wildman–Crippen MR) is 130 cm³/mol. The lowest BCUT2D eigenvalue weighted by atomic mass is 10.2. The van der Waals surface area contributed by atoms with Gasteiger partial charge in [0.1, 0.15) is 0 Å². The molecule has 2 aromatic carbocycles. The molecule has 0 aliphatic carbocycles. The average molecular weight is 519 g/mol. The smallest absolute Gasteiger partial charge is 0.258 e. The highest BCUT2D eigenvalue weighted by atomic mass is 79.9. The molecule has 0 fully saturated rings. The zero-order valence-corrected chi connectivity index (χ0v) is 19.7. The highest BCUT2D eigenvalue weighted by molar-refractivity contribution is 9.10. The molecule has 0 aliphatic heterocycles. The number of carbonyl (C=O) groups excluding carboxylic acids is 3. The lowest BCUT2D eigenvalue weighted by molar-refractivity contribution is -0.114. The van der Waals surface area contributed by atoms with Gasteiger partial charge in [-0.1, -0.05) is 12.1 Å². The highest BCUT2D eigenvalue weighted by Crippen LogP contribution is 2.22. The molecule has 3 rings (SSSR count). The third-order valence-electron chi connectivity index (χ3n) is 3.86. The second kappa shape index (κ2) is 11.1. The van der Waals surface area contributed by atoms with E-state index in [1.807, 2.05) is 11.4 Å². The minimum absolute atomic E-state index is 0.130. The van der Waals surface area contributed by atoms with E-state index in [1.165, 1.54) is 30.0 Å². The van der Waals surface area contributed by atoms with Gasteiger partial charge in [0.25, 0.3) is 5.91 Å². The maximum absolute atomic E-state index is 12.3. The normalized spacial score (nSPS) is 10.4. The second-order valence-electron chi connectivity index (χ2n) is 6.38. The van der Waals surface area contributed by atoms with Crippen molar-refractivity contribution in [1.29, 1.82) is 0 Å². The Hall–Kier alpha value is -2.69. The average Bonchev–Trinajstić information content (AvgIpc) is 3.16. The van der Waals surface area contributed by atoms with E-state index in [-0.39, 0.29) is 23.5 Å². The summed E-state index contributed by atoms with van der Waals surface area (Å²) in [6.07, 6.45) is 0. The molecule has 7 nitrogen and oxygen atoms in total. The van der Waals surface area contributed by atoms with Crippen molar-refractivity contribution >= 4 is 73.3 Å². The van der Waals surface area contributed by atoms with E-state index in [1.54, 1.807) is 42.5 Å². The van der Waals surface area contributed by atoms with E-state index in [0.717, 1.165) is 10.2 Å². The van der Waals surface area contributed by atoms with Gasteiger partial charge in [-0.15, -0.1) is 23.1 Å². The molecule has 0 saturated carbocycles. The van der Waals surface area contributed by atoms with Gasteiger partial charge in [0, 0.05) is 33.9 Å². The second-order valence-corrected chi connectivity index (χ2v) is 9.08. The van der Waals surface area contributed by atoms with Crippen LogP contribution in [0.4, 0.5) is 16.5 Å². The van der Waals surface area contributed by atoms with Gasteiger partial charge >= 0.3 is 0 Å². The Balaban J connectivity index is 1.43. The minimum Gasteiger partial charge on any atom is -0.326 e. The van der Waals surface area contributed by atoms with Crippen LogP contribution in [-0.2, 0) is 15.3 Å². The van der Waals surface area contributed by atoms with Crippen molar-refractivity contribution < 1.29 is 14.4 Å². The first kappa shape index (κ1) is 23.0. The first-order valence-corrected chi connectivity index (χ1v) is 12.0. The molecule has 1 aromatic heterocycles. The van der Waals surface area contributed by atoms with Gasteiger partial charge in [-0.3, -0.25) is 19.7 Å². The van der Waals surface area contributed by atoms with Crippen molar-refractivity contribution in [1.82, 2.24) is 4.98 Å². The standard InChI is InChI=1S/C21H19BrN4O3S2/c1-13(27)23-14-6-8-15(9-7-14)24-19(28)12-30-10-16-11-31-21(25-16)26-20(29)17-4-2-3-5-18(17)22/h2-9,11H,10,12H2,1H3,(H,23,27)(H,24,28)(H,25,26,29). The number of hydrogen-bond acceptors (Lipinski definition) is 6. The molecule has 3 N–H and O–H groups in total. The molecule has 160 valence electrons. The summed E-state index contributed by atoms with van der Waals surface area (Å²) < 4.78 is 0.718. The number of thioether (sulfide) groups is 1. The zero-order valence-electron chi connectivity index (χ0n) is 16.5. The molecular formula is C21H19BrN4O3S2. The summed E-state index contributed by atoms with van der Waals surface area (Å²) in [5.41, 5.74) is 2.66. The van der Waals surface area contributed by atoms with Crippen LogP contribution in [0.2, 0.25) is 0 Å². The van der Waals surface area contributed by atoms with Gasteiger partial charge in [-0.25, -0.2) is 4.98 Å². The summed E-state index contributed by atoms with van der Waals surface area (Å²) in [6, 6.07) is 14.1. The number of carbonyl (C=O) groups is 3. The van der Waals surface area contributed by atoms with Crippen LogP contribution in [0.5, 0.6) is 0 Å². The van der Waals surface area contributed by atoms with Crippen molar-refractivity contribution in [3.63, 3.8) is 0 Å². The van der Waals surface area contributed by atoms with E-state index < -0.39 is 0 Å². The van der Waals surface area contributed by atoms with Crippen molar-refractivity contribution in [3.05, 3.63) is 69.6 Å². The van der Waals surface area contributed by atoms with Gasteiger partial charge < -0.3 is 10.6 Å². The molecule has 0 radical (unpaired) electrons.